The second-order valence-electron chi connectivity index (χ2n) is 10.6. The number of aliphatic hydroxyl groups is 2. The van der Waals surface area contributed by atoms with E-state index in [1.165, 1.54) is 13.2 Å². The van der Waals surface area contributed by atoms with Gasteiger partial charge in [0.1, 0.15) is 17.1 Å². The largest absolute Gasteiger partial charge is 0.481 e. The van der Waals surface area contributed by atoms with Gasteiger partial charge in [-0.15, -0.1) is 0 Å². The molecule has 0 bridgehead atoms. The molecule has 1 aliphatic carbocycles. The molecule has 0 spiro atoms. The molecule has 3 heterocycles. The minimum absolute atomic E-state index is 0.0697. The van der Waals surface area contributed by atoms with E-state index in [-0.39, 0.29) is 22.3 Å². The third-order valence-corrected chi connectivity index (χ3v) is 8.81. The predicted molar refractivity (Wildman–Crippen MR) is 142 cm³/mol. The summed E-state index contributed by atoms with van der Waals surface area (Å²) in [6.07, 6.45) is -1.28. The maximum absolute atomic E-state index is 14.0. The number of likely N-dealkylation sites (tertiary alicyclic amines) is 1. The number of ether oxygens (including phenoxy) is 2. The summed E-state index contributed by atoms with van der Waals surface area (Å²) in [6, 6.07) is 20.2. The maximum Gasteiger partial charge on any atom is 0.224 e. The van der Waals surface area contributed by atoms with Crippen LogP contribution < -0.4 is 9.47 Å². The number of aliphatic hydroxyl groups excluding tert-OH is 1. The maximum atomic E-state index is 14.0. The minimum Gasteiger partial charge on any atom is -0.481 e. The molecule has 202 valence electrons. The number of piperidine rings is 1. The monoisotopic (exact) mass is 549 g/mol. The Morgan fingerprint density at radius 1 is 1.18 bits per heavy atom. The van der Waals surface area contributed by atoms with Crippen molar-refractivity contribution in [2.75, 3.05) is 26.7 Å². The Morgan fingerprint density at radius 2 is 1.87 bits per heavy atom. The van der Waals surface area contributed by atoms with Gasteiger partial charge in [-0.05, 0) is 36.1 Å². The summed E-state index contributed by atoms with van der Waals surface area (Å²) in [6.45, 7) is 1.55. The van der Waals surface area contributed by atoms with E-state index in [2.05, 4.69) is 16.0 Å². The molecule has 1 aromatic heterocycles. The highest BCUT2D eigenvalue weighted by atomic mass is 35.5. The van der Waals surface area contributed by atoms with Gasteiger partial charge in [0.15, 0.2) is 11.2 Å². The van der Waals surface area contributed by atoms with E-state index in [4.69, 9.17) is 21.1 Å². The van der Waals surface area contributed by atoms with E-state index >= 15 is 0 Å². The van der Waals surface area contributed by atoms with Gasteiger partial charge in [-0.3, -0.25) is 0 Å². The van der Waals surface area contributed by atoms with Crippen LogP contribution in [0.4, 0.5) is 4.39 Å². The van der Waals surface area contributed by atoms with Crippen LogP contribution in [0.3, 0.4) is 0 Å². The number of methoxy groups -OCH3 is 1. The molecule has 6 rings (SSSR count). The fourth-order valence-electron chi connectivity index (χ4n) is 6.93. The number of hydrogen-bond acceptors (Lipinski definition) is 7. The zero-order valence-electron chi connectivity index (χ0n) is 21.4. The van der Waals surface area contributed by atoms with E-state index in [9.17, 15) is 19.9 Å². The topological polar surface area (TPSA) is 98.8 Å². The van der Waals surface area contributed by atoms with Gasteiger partial charge < -0.3 is 24.6 Å². The summed E-state index contributed by atoms with van der Waals surface area (Å²) in [5, 5.41) is 34.6. The van der Waals surface area contributed by atoms with Crippen LogP contribution in [0.15, 0.2) is 60.7 Å². The van der Waals surface area contributed by atoms with Gasteiger partial charge in [-0.1, -0.05) is 54.1 Å². The first-order valence-corrected chi connectivity index (χ1v) is 13.5. The number of halogens is 2. The number of aromatic nitrogens is 1. The Bertz CT molecular complexity index is 1410. The van der Waals surface area contributed by atoms with Crippen molar-refractivity contribution >= 4 is 11.6 Å². The van der Waals surface area contributed by atoms with Crippen molar-refractivity contribution in [3.05, 3.63) is 88.1 Å². The van der Waals surface area contributed by atoms with Gasteiger partial charge in [0.2, 0.25) is 5.88 Å². The number of benzene rings is 2. The molecule has 0 radical (unpaired) electrons. The lowest BCUT2D eigenvalue weighted by atomic mass is 9.70. The van der Waals surface area contributed by atoms with Crippen molar-refractivity contribution in [3.63, 3.8) is 0 Å². The molecule has 2 aromatic carbocycles. The fraction of sp³-hybridized carbons (Fsp3) is 0.400. The molecule has 3 aliphatic rings. The molecule has 2 aliphatic heterocycles. The minimum atomic E-state index is -1.98. The fourth-order valence-corrected chi connectivity index (χ4v) is 7.11. The zero-order chi connectivity index (χ0) is 27.4. The van der Waals surface area contributed by atoms with Crippen LogP contribution >= 0.6 is 11.6 Å². The molecule has 7 nitrogen and oxygen atoms in total. The molecule has 2 N–H and O–H groups in total. The zero-order valence-corrected chi connectivity index (χ0v) is 22.2. The Kier molecular flexibility index (Phi) is 6.51. The third-order valence-electron chi connectivity index (χ3n) is 8.62. The summed E-state index contributed by atoms with van der Waals surface area (Å²) >= 11 is 6.31. The molecule has 39 heavy (non-hydrogen) atoms. The second kappa shape index (κ2) is 9.76. The first-order chi connectivity index (χ1) is 18.8. The van der Waals surface area contributed by atoms with E-state index in [0.717, 1.165) is 5.56 Å². The lowest BCUT2D eigenvalue weighted by Gasteiger charge is -2.41. The highest BCUT2D eigenvalue weighted by Gasteiger charge is 2.77. The quantitative estimate of drug-likeness (QED) is 0.458. The average molecular weight is 550 g/mol. The van der Waals surface area contributed by atoms with Crippen LogP contribution in [0.1, 0.15) is 41.0 Å². The lowest BCUT2D eigenvalue weighted by Crippen LogP contribution is -2.52. The van der Waals surface area contributed by atoms with Crippen molar-refractivity contribution in [1.29, 1.82) is 5.26 Å². The summed E-state index contributed by atoms with van der Waals surface area (Å²) in [5.74, 6) is -0.695. The molecule has 1 saturated heterocycles. The SMILES string of the molecule is COc1nc(Cl)cc2c1[C@]1(O)[C@H](O)[C@H](CN3CCC(F)CC3)[C@@H](c3ccccc3)[C@]1(c1ccc(C#N)cc1)O2. The van der Waals surface area contributed by atoms with Gasteiger partial charge in [0.25, 0.3) is 0 Å². The number of fused-ring (bicyclic) bond motifs is 3. The normalized spacial score (nSPS) is 30.3. The number of hydrogen-bond donors (Lipinski definition) is 2. The van der Waals surface area contributed by atoms with Gasteiger partial charge in [-0.25, -0.2) is 9.37 Å². The first-order valence-electron chi connectivity index (χ1n) is 13.1. The molecule has 3 aromatic rings. The molecule has 9 heteroatoms. The van der Waals surface area contributed by atoms with Gasteiger partial charge in [0, 0.05) is 37.5 Å². The van der Waals surface area contributed by atoms with Crippen molar-refractivity contribution in [1.82, 2.24) is 9.88 Å². The first kappa shape index (κ1) is 26.0. The second-order valence-corrected chi connectivity index (χ2v) is 11.0. The van der Waals surface area contributed by atoms with Gasteiger partial charge >= 0.3 is 0 Å². The van der Waals surface area contributed by atoms with Crippen LogP contribution in [0.2, 0.25) is 5.15 Å². The Balaban J connectivity index is 1.60. The van der Waals surface area contributed by atoms with Crippen molar-refractivity contribution in [2.24, 2.45) is 5.92 Å². The lowest BCUT2D eigenvalue weighted by molar-refractivity contribution is -0.152. The summed E-state index contributed by atoms with van der Waals surface area (Å²) in [4.78, 5) is 6.45. The molecular formula is C30H29ClFN3O4. The average Bonchev–Trinajstić information content (AvgIpc) is 3.32. The smallest absolute Gasteiger partial charge is 0.224 e. The van der Waals surface area contributed by atoms with Gasteiger partial charge in [-0.2, -0.15) is 5.26 Å². The van der Waals surface area contributed by atoms with Crippen molar-refractivity contribution < 1.29 is 24.1 Å². The van der Waals surface area contributed by atoms with Crippen LogP contribution in [0.5, 0.6) is 11.6 Å². The third kappa shape index (κ3) is 3.83. The molecule has 5 atom stereocenters. The van der Waals surface area contributed by atoms with Crippen LogP contribution in [-0.2, 0) is 11.2 Å². The Hall–Kier alpha value is -3.22. The molecule has 2 fully saturated rings. The van der Waals surface area contributed by atoms with E-state index in [0.29, 0.717) is 43.6 Å². The highest BCUT2D eigenvalue weighted by molar-refractivity contribution is 6.29. The van der Waals surface area contributed by atoms with E-state index in [1.54, 1.807) is 24.3 Å². The predicted octanol–water partition coefficient (Wildman–Crippen LogP) is 4.30. The highest BCUT2D eigenvalue weighted by Crippen LogP contribution is 2.69. The van der Waals surface area contributed by atoms with E-state index < -0.39 is 35.3 Å². The number of rotatable bonds is 5. The summed E-state index contributed by atoms with van der Waals surface area (Å²) in [5.41, 5.74) is -1.34. The van der Waals surface area contributed by atoms with Crippen molar-refractivity contribution in [3.8, 4) is 17.7 Å². The number of nitrogens with zero attached hydrogens (tertiary/aromatic N) is 3. The number of nitriles is 1. The van der Waals surface area contributed by atoms with Crippen LogP contribution in [0.25, 0.3) is 0 Å². The van der Waals surface area contributed by atoms with Crippen LogP contribution in [-0.4, -0.2) is 59.1 Å². The molecule has 0 unspecified atom stereocenters. The number of alkyl halides is 1. The standard InChI is InChI=1S/C30H29ClFN3O4/c1-38-28-26-23(15-24(31)34-28)39-30(20-9-7-18(16-33)8-10-20)25(19-5-3-2-4-6-19)22(27(36)29(26,30)37)17-35-13-11-21(32)12-14-35/h2-10,15,21-22,25,27,36-37H,11-14,17H2,1H3/t22-,25-,27-,29+,30+/m1/s1. The van der Waals surface area contributed by atoms with Crippen LogP contribution in [0, 0.1) is 17.2 Å². The van der Waals surface area contributed by atoms with Crippen molar-refractivity contribution in [2.45, 2.75) is 42.2 Å². The van der Waals surface area contributed by atoms with Gasteiger partial charge in [0.05, 0.1) is 30.4 Å². The number of pyridine rings is 1. The Morgan fingerprint density at radius 3 is 2.51 bits per heavy atom. The molecule has 1 saturated carbocycles. The van der Waals surface area contributed by atoms with E-state index in [1.807, 2.05) is 30.3 Å². The summed E-state index contributed by atoms with van der Waals surface area (Å²) < 4.78 is 26.3. The summed E-state index contributed by atoms with van der Waals surface area (Å²) in [7, 11) is 1.43. The molecule has 0 amide bonds. The Labute approximate surface area is 231 Å². The molecular weight excluding hydrogens is 521 g/mol.